The Morgan fingerprint density at radius 3 is 1.60 bits per heavy atom. The number of alkyl halides is 2. The Balaban J connectivity index is 0. The molecule has 0 N–H and O–H groups in total. The predicted octanol–water partition coefficient (Wildman–Crippen LogP) is 2.90. The summed E-state index contributed by atoms with van der Waals surface area (Å²) < 4.78 is 4.83. The Bertz CT molecular complexity index is 46.9. The maximum atomic E-state index is 5.33. The zero-order valence-electron chi connectivity index (χ0n) is 6.86. The Morgan fingerprint density at radius 2 is 1.60 bits per heavy atom. The standard InChI is InChI=1S/C4H10O.C3H6Cl2/c1-3-5-4-2;1-3(5)2-4/h3-4H2,1-2H3;3H,2H2,1H3. The predicted molar refractivity (Wildman–Crippen MR) is 48.2 cm³/mol. The first-order valence-electron chi connectivity index (χ1n) is 3.46. The molecule has 0 aliphatic carbocycles. The summed E-state index contributed by atoms with van der Waals surface area (Å²) in [4.78, 5) is 0. The van der Waals surface area contributed by atoms with E-state index in [0.29, 0.717) is 5.88 Å². The highest BCUT2D eigenvalue weighted by Crippen LogP contribution is 1.93. The molecular formula is C7H16Cl2O. The molecule has 10 heavy (non-hydrogen) atoms. The van der Waals surface area contributed by atoms with Crippen LogP contribution in [0.4, 0.5) is 0 Å². The molecule has 0 aromatic carbocycles. The van der Waals surface area contributed by atoms with Crippen molar-refractivity contribution in [2.45, 2.75) is 26.1 Å². The molecule has 0 saturated heterocycles. The molecule has 0 aliphatic heterocycles. The lowest BCUT2D eigenvalue weighted by Gasteiger charge is -1.86. The highest BCUT2D eigenvalue weighted by atomic mass is 35.5. The van der Waals surface area contributed by atoms with Gasteiger partial charge in [0, 0.05) is 24.5 Å². The van der Waals surface area contributed by atoms with E-state index in [2.05, 4.69) is 0 Å². The minimum atomic E-state index is 0.122. The second kappa shape index (κ2) is 12.2. The fraction of sp³-hybridized carbons (Fsp3) is 1.00. The second-order valence-corrected chi connectivity index (χ2v) is 2.77. The molecule has 0 amide bonds. The lowest BCUT2D eigenvalue weighted by atomic mass is 10.6. The average Bonchev–Trinajstić information content (AvgIpc) is 1.91. The maximum absolute atomic E-state index is 5.33. The molecule has 0 bridgehead atoms. The van der Waals surface area contributed by atoms with Crippen molar-refractivity contribution in [1.29, 1.82) is 0 Å². The van der Waals surface area contributed by atoms with Crippen LogP contribution in [0, 0.1) is 0 Å². The number of halogens is 2. The van der Waals surface area contributed by atoms with Crippen LogP contribution in [0.3, 0.4) is 0 Å². The fourth-order valence-corrected chi connectivity index (χ4v) is 0.204. The highest BCUT2D eigenvalue weighted by Gasteiger charge is 1.85. The summed E-state index contributed by atoms with van der Waals surface area (Å²) in [7, 11) is 0. The van der Waals surface area contributed by atoms with Crippen molar-refractivity contribution in [3.63, 3.8) is 0 Å². The van der Waals surface area contributed by atoms with Gasteiger partial charge in [0.15, 0.2) is 0 Å². The van der Waals surface area contributed by atoms with E-state index in [-0.39, 0.29) is 5.38 Å². The smallest absolute Gasteiger partial charge is 0.0443 e. The van der Waals surface area contributed by atoms with Crippen molar-refractivity contribution in [2.24, 2.45) is 0 Å². The summed E-state index contributed by atoms with van der Waals surface area (Å²) in [5, 5.41) is 0.122. The molecule has 1 atom stereocenters. The molecular weight excluding hydrogens is 171 g/mol. The van der Waals surface area contributed by atoms with E-state index in [9.17, 15) is 0 Å². The van der Waals surface area contributed by atoms with Crippen molar-refractivity contribution in [1.82, 2.24) is 0 Å². The van der Waals surface area contributed by atoms with Gasteiger partial charge in [-0.05, 0) is 20.8 Å². The molecule has 1 nitrogen and oxygen atoms in total. The van der Waals surface area contributed by atoms with Crippen LogP contribution in [0.15, 0.2) is 0 Å². The number of ether oxygens (including phenoxy) is 1. The summed E-state index contributed by atoms with van der Waals surface area (Å²) in [5.74, 6) is 0.543. The van der Waals surface area contributed by atoms with Gasteiger partial charge < -0.3 is 4.74 Å². The van der Waals surface area contributed by atoms with E-state index >= 15 is 0 Å². The van der Waals surface area contributed by atoms with Gasteiger partial charge in [-0.2, -0.15) is 0 Å². The van der Waals surface area contributed by atoms with E-state index in [1.807, 2.05) is 20.8 Å². The molecule has 0 aromatic rings. The Labute approximate surface area is 73.7 Å². The molecule has 0 rings (SSSR count). The van der Waals surface area contributed by atoms with Gasteiger partial charge in [0.05, 0.1) is 0 Å². The van der Waals surface area contributed by atoms with Crippen molar-refractivity contribution >= 4 is 23.2 Å². The molecule has 0 fully saturated rings. The van der Waals surface area contributed by atoms with Crippen LogP contribution in [0.25, 0.3) is 0 Å². The maximum Gasteiger partial charge on any atom is 0.0443 e. The average molecular weight is 187 g/mol. The first-order chi connectivity index (χ1) is 4.68. The first kappa shape index (κ1) is 13.2. The monoisotopic (exact) mass is 186 g/mol. The van der Waals surface area contributed by atoms with Gasteiger partial charge in [-0.25, -0.2) is 0 Å². The van der Waals surface area contributed by atoms with Crippen molar-refractivity contribution in [2.75, 3.05) is 19.1 Å². The zero-order chi connectivity index (χ0) is 8.41. The van der Waals surface area contributed by atoms with Gasteiger partial charge in [-0.1, -0.05) is 0 Å². The molecule has 0 heterocycles. The van der Waals surface area contributed by atoms with Crippen LogP contribution in [0.1, 0.15) is 20.8 Å². The van der Waals surface area contributed by atoms with Crippen LogP contribution < -0.4 is 0 Å². The van der Waals surface area contributed by atoms with Crippen molar-refractivity contribution in [3.8, 4) is 0 Å². The van der Waals surface area contributed by atoms with Gasteiger partial charge in [0.1, 0.15) is 0 Å². The lowest BCUT2D eigenvalue weighted by Crippen LogP contribution is -1.87. The quantitative estimate of drug-likeness (QED) is 0.617. The van der Waals surface area contributed by atoms with Crippen molar-refractivity contribution < 1.29 is 4.74 Å². The molecule has 0 radical (unpaired) electrons. The largest absolute Gasteiger partial charge is 0.382 e. The minimum Gasteiger partial charge on any atom is -0.382 e. The van der Waals surface area contributed by atoms with Gasteiger partial charge >= 0.3 is 0 Å². The normalized spacial score (nSPS) is 11.7. The molecule has 0 aromatic heterocycles. The number of hydrogen-bond donors (Lipinski definition) is 0. The topological polar surface area (TPSA) is 9.23 Å². The summed E-state index contributed by atoms with van der Waals surface area (Å²) >= 11 is 10.5. The summed E-state index contributed by atoms with van der Waals surface area (Å²) in [6.07, 6.45) is 0. The number of hydrogen-bond acceptors (Lipinski definition) is 1. The van der Waals surface area contributed by atoms with E-state index in [0.717, 1.165) is 13.2 Å². The second-order valence-electron chi connectivity index (χ2n) is 1.72. The SMILES string of the molecule is CC(Cl)CCl.CCOCC. The first-order valence-corrected chi connectivity index (χ1v) is 4.43. The molecule has 64 valence electrons. The van der Waals surface area contributed by atoms with E-state index in [1.165, 1.54) is 0 Å². The fourth-order valence-electron chi connectivity index (χ4n) is 0.204. The molecule has 3 heteroatoms. The third-order valence-corrected chi connectivity index (χ3v) is 1.40. The Hall–Kier alpha value is 0.540. The Morgan fingerprint density at radius 1 is 1.30 bits per heavy atom. The third kappa shape index (κ3) is 23.6. The van der Waals surface area contributed by atoms with Crippen molar-refractivity contribution in [3.05, 3.63) is 0 Å². The summed E-state index contributed by atoms with van der Waals surface area (Å²) in [5.41, 5.74) is 0. The number of rotatable bonds is 3. The summed E-state index contributed by atoms with van der Waals surface area (Å²) in [6, 6.07) is 0. The van der Waals surface area contributed by atoms with Crippen LogP contribution in [-0.2, 0) is 4.74 Å². The van der Waals surface area contributed by atoms with Crippen LogP contribution >= 0.6 is 23.2 Å². The van der Waals surface area contributed by atoms with Crippen LogP contribution in [-0.4, -0.2) is 24.5 Å². The van der Waals surface area contributed by atoms with E-state index in [4.69, 9.17) is 27.9 Å². The van der Waals surface area contributed by atoms with Gasteiger partial charge in [-0.15, -0.1) is 23.2 Å². The molecule has 0 aliphatic rings. The van der Waals surface area contributed by atoms with Gasteiger partial charge in [0.25, 0.3) is 0 Å². The Kier molecular flexibility index (Phi) is 16.1. The highest BCUT2D eigenvalue weighted by molar-refractivity contribution is 6.27. The molecule has 1 unspecified atom stereocenters. The summed E-state index contributed by atoms with van der Waals surface area (Å²) in [6.45, 7) is 7.52. The molecule has 0 saturated carbocycles. The zero-order valence-corrected chi connectivity index (χ0v) is 8.37. The van der Waals surface area contributed by atoms with E-state index in [1.54, 1.807) is 0 Å². The van der Waals surface area contributed by atoms with Crippen LogP contribution in [0.2, 0.25) is 0 Å². The van der Waals surface area contributed by atoms with Gasteiger partial charge in [-0.3, -0.25) is 0 Å². The van der Waals surface area contributed by atoms with Gasteiger partial charge in [0.2, 0.25) is 0 Å². The van der Waals surface area contributed by atoms with Crippen LogP contribution in [0.5, 0.6) is 0 Å². The third-order valence-electron chi connectivity index (χ3n) is 0.621. The van der Waals surface area contributed by atoms with E-state index < -0.39 is 0 Å². The molecule has 0 spiro atoms. The minimum absolute atomic E-state index is 0.122. The lowest BCUT2D eigenvalue weighted by molar-refractivity contribution is 0.162.